The Morgan fingerprint density at radius 2 is 2.08 bits per heavy atom. The quantitative estimate of drug-likeness (QED) is 0.592. The average molecular weight is 354 g/mol. The molecular weight excluding hydrogens is 322 g/mol. The van der Waals surface area contributed by atoms with E-state index in [4.69, 9.17) is 4.74 Å². The van der Waals surface area contributed by atoms with Crippen LogP contribution in [0.3, 0.4) is 0 Å². The fraction of sp³-hybridized carbons (Fsp3) is 0.609. The smallest absolute Gasteiger partial charge is 0.310 e. The molecule has 5 atom stereocenters. The maximum atomic E-state index is 12.6. The van der Waals surface area contributed by atoms with Gasteiger partial charge in [-0.2, -0.15) is 0 Å². The lowest BCUT2D eigenvalue weighted by atomic mass is 9.55. The first-order valence-corrected chi connectivity index (χ1v) is 10.1. The maximum absolute atomic E-state index is 12.6. The molecule has 0 spiro atoms. The largest absolute Gasteiger partial charge is 0.462 e. The predicted octanol–water partition coefficient (Wildman–Crippen LogP) is 4.43. The van der Waals surface area contributed by atoms with Crippen molar-refractivity contribution >= 4 is 5.97 Å². The van der Waals surface area contributed by atoms with Gasteiger partial charge in [-0.15, -0.1) is 0 Å². The summed E-state index contributed by atoms with van der Waals surface area (Å²) in [7, 11) is 2.11. The van der Waals surface area contributed by atoms with Crippen LogP contribution in [0.25, 0.3) is 0 Å². The number of hydrogen-bond donors (Lipinski definition) is 0. The molecule has 4 rings (SSSR count). The summed E-state index contributed by atoms with van der Waals surface area (Å²) in [6.45, 7) is 8.43. The fourth-order valence-corrected chi connectivity index (χ4v) is 5.76. The van der Waals surface area contributed by atoms with Crippen molar-refractivity contribution in [1.82, 2.24) is 4.90 Å². The van der Waals surface area contributed by atoms with E-state index >= 15 is 0 Å². The van der Waals surface area contributed by atoms with Crippen LogP contribution in [-0.4, -0.2) is 30.6 Å². The van der Waals surface area contributed by atoms with E-state index in [-0.39, 0.29) is 23.4 Å². The molecule has 0 aromatic heterocycles. The van der Waals surface area contributed by atoms with Gasteiger partial charge in [0.1, 0.15) is 6.10 Å². The number of hydrogen-bond acceptors (Lipinski definition) is 3. The molecule has 1 aliphatic heterocycles. The number of carbonyl (C=O) groups is 1. The van der Waals surface area contributed by atoms with Crippen LogP contribution in [0.5, 0.6) is 0 Å². The molecule has 2 saturated carbocycles. The number of esters is 1. The van der Waals surface area contributed by atoms with Crippen molar-refractivity contribution in [3.63, 3.8) is 0 Å². The van der Waals surface area contributed by atoms with Crippen LogP contribution in [0.2, 0.25) is 0 Å². The highest BCUT2D eigenvalue weighted by Crippen LogP contribution is 2.56. The highest BCUT2D eigenvalue weighted by molar-refractivity contribution is 5.75. The van der Waals surface area contributed by atoms with Gasteiger partial charge < -0.3 is 9.64 Å². The first-order chi connectivity index (χ1) is 12.5. The zero-order valence-corrected chi connectivity index (χ0v) is 16.1. The molecule has 0 N–H and O–H groups in total. The lowest BCUT2D eigenvalue weighted by Crippen LogP contribution is -2.45. The Labute approximate surface area is 157 Å². The molecule has 0 radical (unpaired) electrons. The van der Waals surface area contributed by atoms with Crippen LogP contribution >= 0.6 is 0 Å². The van der Waals surface area contributed by atoms with Gasteiger partial charge in [0.05, 0.1) is 5.92 Å². The number of carbonyl (C=O) groups excluding carboxylic acids is 1. The molecule has 1 heterocycles. The van der Waals surface area contributed by atoms with Crippen molar-refractivity contribution in [2.24, 2.45) is 23.2 Å². The van der Waals surface area contributed by atoms with E-state index in [0.29, 0.717) is 11.8 Å². The summed E-state index contributed by atoms with van der Waals surface area (Å²) in [5, 5.41) is 0. The van der Waals surface area contributed by atoms with Crippen LogP contribution in [0.1, 0.15) is 44.6 Å². The summed E-state index contributed by atoms with van der Waals surface area (Å²) in [5.74, 6) is 0.948. The van der Waals surface area contributed by atoms with Gasteiger partial charge in [0, 0.05) is 19.0 Å². The van der Waals surface area contributed by atoms with Gasteiger partial charge >= 0.3 is 5.97 Å². The van der Waals surface area contributed by atoms with E-state index in [1.807, 2.05) is 6.07 Å². The van der Waals surface area contributed by atoms with Crippen molar-refractivity contribution in [3.8, 4) is 0 Å². The molecule has 2 aliphatic carbocycles. The van der Waals surface area contributed by atoms with Gasteiger partial charge in [-0.25, -0.2) is 0 Å². The SMILES string of the molecule is C=C1CCC[C@]2(C)C[C@H]3OC(=O)C(CN(C)Cc4ccccc4)[C@H]3CC12. The third kappa shape index (κ3) is 3.22. The van der Waals surface area contributed by atoms with Crippen LogP contribution in [0.4, 0.5) is 0 Å². The van der Waals surface area contributed by atoms with Gasteiger partial charge in [-0.3, -0.25) is 4.79 Å². The van der Waals surface area contributed by atoms with Crippen LogP contribution in [-0.2, 0) is 16.1 Å². The highest BCUT2D eigenvalue weighted by Gasteiger charge is 2.55. The third-order valence-electron chi connectivity index (χ3n) is 7.12. The number of allylic oxidation sites excluding steroid dienone is 1. The molecule has 3 heteroatoms. The van der Waals surface area contributed by atoms with Crippen LogP contribution in [0.15, 0.2) is 42.5 Å². The Kier molecular flexibility index (Phi) is 4.68. The van der Waals surface area contributed by atoms with Crippen molar-refractivity contribution in [2.75, 3.05) is 13.6 Å². The zero-order chi connectivity index (χ0) is 18.3. The number of nitrogens with zero attached hydrogens (tertiary/aromatic N) is 1. The zero-order valence-electron chi connectivity index (χ0n) is 16.1. The van der Waals surface area contributed by atoms with E-state index in [9.17, 15) is 4.79 Å². The monoisotopic (exact) mass is 353 g/mol. The molecule has 3 aliphatic rings. The first-order valence-electron chi connectivity index (χ1n) is 10.1. The summed E-state index contributed by atoms with van der Waals surface area (Å²) in [6.07, 6.45) is 5.85. The Morgan fingerprint density at radius 3 is 2.85 bits per heavy atom. The second kappa shape index (κ2) is 6.84. The minimum Gasteiger partial charge on any atom is -0.462 e. The summed E-state index contributed by atoms with van der Waals surface area (Å²) < 4.78 is 5.88. The molecule has 1 aromatic rings. The first kappa shape index (κ1) is 17.8. The fourth-order valence-electron chi connectivity index (χ4n) is 5.76. The van der Waals surface area contributed by atoms with Crippen molar-refractivity contribution < 1.29 is 9.53 Å². The molecule has 3 nitrogen and oxygen atoms in total. The van der Waals surface area contributed by atoms with Gasteiger partial charge in [-0.05, 0) is 56.0 Å². The Morgan fingerprint density at radius 1 is 1.31 bits per heavy atom. The van der Waals surface area contributed by atoms with Gasteiger partial charge in [0.2, 0.25) is 0 Å². The summed E-state index contributed by atoms with van der Waals surface area (Å²) >= 11 is 0. The average Bonchev–Trinajstić information content (AvgIpc) is 2.88. The van der Waals surface area contributed by atoms with Gasteiger partial charge in [0.25, 0.3) is 0 Å². The molecule has 1 aromatic carbocycles. The van der Waals surface area contributed by atoms with Crippen LogP contribution in [0, 0.1) is 23.2 Å². The predicted molar refractivity (Wildman–Crippen MR) is 103 cm³/mol. The number of fused-ring (bicyclic) bond motifs is 2. The van der Waals surface area contributed by atoms with Gasteiger partial charge in [0.15, 0.2) is 0 Å². The topological polar surface area (TPSA) is 29.5 Å². The second-order valence-corrected chi connectivity index (χ2v) is 9.09. The van der Waals surface area contributed by atoms with E-state index < -0.39 is 0 Å². The summed E-state index contributed by atoms with van der Waals surface area (Å²) in [5.41, 5.74) is 2.98. The number of benzene rings is 1. The lowest BCUT2D eigenvalue weighted by molar-refractivity contribution is -0.146. The lowest BCUT2D eigenvalue weighted by Gasteiger charge is -2.50. The third-order valence-corrected chi connectivity index (χ3v) is 7.12. The molecule has 140 valence electrons. The molecule has 1 saturated heterocycles. The Bertz CT molecular complexity index is 685. The minimum absolute atomic E-state index is 0.00740. The van der Waals surface area contributed by atoms with Crippen molar-refractivity contribution in [3.05, 3.63) is 48.0 Å². The van der Waals surface area contributed by atoms with Crippen LogP contribution < -0.4 is 0 Å². The minimum atomic E-state index is 0.00740. The molecule has 26 heavy (non-hydrogen) atoms. The molecule has 3 fully saturated rings. The second-order valence-electron chi connectivity index (χ2n) is 9.09. The Hall–Kier alpha value is -1.61. The van der Waals surface area contributed by atoms with E-state index in [2.05, 4.69) is 49.7 Å². The summed E-state index contributed by atoms with van der Waals surface area (Å²) in [4.78, 5) is 14.9. The molecule has 2 unspecified atom stereocenters. The van der Waals surface area contributed by atoms with Gasteiger partial charge in [-0.1, -0.05) is 49.4 Å². The number of rotatable bonds is 4. The molecule has 0 amide bonds. The standard InChI is InChI=1S/C23H31NO2/c1-16-8-7-11-23(2)13-21-18(12-20(16)23)19(22(25)26-21)15-24(3)14-17-9-5-4-6-10-17/h4-6,9-10,18-21H,1,7-8,11-15H2,2-3H3/t18-,19?,20?,21-,23-/m1/s1. The maximum Gasteiger partial charge on any atom is 0.310 e. The van der Waals surface area contributed by atoms with E-state index in [0.717, 1.165) is 32.4 Å². The normalized spacial score (nSPS) is 36.6. The van der Waals surface area contributed by atoms with Crippen molar-refractivity contribution in [2.45, 2.75) is 51.7 Å². The Balaban J connectivity index is 1.46. The van der Waals surface area contributed by atoms with E-state index in [1.54, 1.807) is 0 Å². The van der Waals surface area contributed by atoms with Crippen molar-refractivity contribution in [1.29, 1.82) is 0 Å². The highest BCUT2D eigenvalue weighted by atomic mass is 16.6. The summed E-state index contributed by atoms with van der Waals surface area (Å²) in [6, 6.07) is 10.5. The molecule has 0 bridgehead atoms. The number of ether oxygens (including phenoxy) is 1. The van der Waals surface area contributed by atoms with E-state index in [1.165, 1.54) is 24.0 Å². The molecular formula is C23H31NO2.